The Hall–Kier alpha value is -2.19. The molecule has 8 heteroatoms. The summed E-state index contributed by atoms with van der Waals surface area (Å²) in [7, 11) is 1.45. The molecule has 0 spiro atoms. The number of carboxylic acids is 1. The number of nitrogens with zero attached hydrogens (tertiary/aromatic N) is 1. The lowest BCUT2D eigenvalue weighted by Gasteiger charge is -2.28. The topological polar surface area (TPSA) is 104 Å². The van der Waals surface area contributed by atoms with Gasteiger partial charge in [0, 0.05) is 12.7 Å². The molecular weight excluding hydrogens is 378 g/mol. The highest BCUT2D eigenvalue weighted by Crippen LogP contribution is 2.29. The molecule has 1 atom stereocenters. The number of halogens is 1. The number of carboxylic acid groups (broad SMARTS) is 1. The molecule has 0 fully saturated rings. The van der Waals surface area contributed by atoms with Gasteiger partial charge in [-0.05, 0) is 22.9 Å². The number of H-pyrrole nitrogens is 1. The van der Waals surface area contributed by atoms with Crippen LogP contribution in [0.2, 0.25) is 0 Å². The first kappa shape index (κ1) is 18.2. The highest BCUT2D eigenvalue weighted by molar-refractivity contribution is 9.10. The SMILES string of the molecule is COCC(C)(CC(=O)O)NC(=O)c1[nH]nc(-c2ccccc2)c1Br. The molecule has 0 saturated carbocycles. The largest absolute Gasteiger partial charge is 0.481 e. The van der Waals surface area contributed by atoms with Crippen molar-refractivity contribution in [3.63, 3.8) is 0 Å². The number of carbonyl (C=O) groups is 2. The normalized spacial score (nSPS) is 13.3. The number of rotatable bonds is 7. The monoisotopic (exact) mass is 395 g/mol. The fourth-order valence-electron chi connectivity index (χ4n) is 2.39. The minimum atomic E-state index is -1.03. The summed E-state index contributed by atoms with van der Waals surface area (Å²) in [6.45, 7) is 1.69. The van der Waals surface area contributed by atoms with Gasteiger partial charge in [0.05, 0.1) is 23.0 Å². The minimum absolute atomic E-state index is 0.0718. The molecule has 0 bridgehead atoms. The number of aliphatic carboxylic acids is 1. The van der Waals surface area contributed by atoms with E-state index in [0.717, 1.165) is 5.56 Å². The van der Waals surface area contributed by atoms with Gasteiger partial charge in [-0.1, -0.05) is 30.3 Å². The Labute approximate surface area is 147 Å². The number of amides is 1. The molecule has 1 unspecified atom stereocenters. The first-order valence-corrected chi connectivity index (χ1v) is 7.98. The van der Waals surface area contributed by atoms with Crippen molar-refractivity contribution in [2.75, 3.05) is 13.7 Å². The van der Waals surface area contributed by atoms with Crippen LogP contribution in [0.15, 0.2) is 34.8 Å². The molecule has 128 valence electrons. The van der Waals surface area contributed by atoms with Crippen molar-refractivity contribution in [3.8, 4) is 11.3 Å². The van der Waals surface area contributed by atoms with Gasteiger partial charge in [-0.25, -0.2) is 0 Å². The number of hydrogen-bond acceptors (Lipinski definition) is 4. The van der Waals surface area contributed by atoms with Crippen molar-refractivity contribution < 1.29 is 19.4 Å². The summed E-state index contributed by atoms with van der Waals surface area (Å²) in [5.41, 5.74) is 0.647. The average Bonchev–Trinajstić information content (AvgIpc) is 2.89. The molecule has 3 N–H and O–H groups in total. The number of aromatic amines is 1. The van der Waals surface area contributed by atoms with Gasteiger partial charge in [-0.15, -0.1) is 0 Å². The van der Waals surface area contributed by atoms with E-state index in [4.69, 9.17) is 9.84 Å². The lowest BCUT2D eigenvalue weighted by molar-refractivity contribution is -0.139. The summed E-state index contributed by atoms with van der Waals surface area (Å²) in [5, 5.41) is 18.6. The summed E-state index contributed by atoms with van der Waals surface area (Å²) in [6.07, 6.45) is -0.260. The molecule has 7 nitrogen and oxygen atoms in total. The molecule has 0 radical (unpaired) electrons. The Morgan fingerprint density at radius 2 is 2.04 bits per heavy atom. The van der Waals surface area contributed by atoms with Crippen LogP contribution in [0.3, 0.4) is 0 Å². The molecule has 1 amide bonds. The van der Waals surface area contributed by atoms with Crippen LogP contribution in [0.4, 0.5) is 0 Å². The second-order valence-electron chi connectivity index (χ2n) is 5.65. The van der Waals surface area contributed by atoms with Gasteiger partial charge in [0.2, 0.25) is 0 Å². The Kier molecular flexibility index (Phi) is 5.74. The zero-order chi connectivity index (χ0) is 17.7. The molecule has 0 aliphatic heterocycles. The van der Waals surface area contributed by atoms with Crippen molar-refractivity contribution in [3.05, 3.63) is 40.5 Å². The number of carbonyl (C=O) groups excluding carboxylic acids is 1. The quantitative estimate of drug-likeness (QED) is 0.667. The van der Waals surface area contributed by atoms with E-state index in [9.17, 15) is 9.59 Å². The predicted octanol–water partition coefficient (Wildman–Crippen LogP) is 2.45. The van der Waals surface area contributed by atoms with Crippen molar-refractivity contribution in [1.82, 2.24) is 15.5 Å². The third-order valence-electron chi connectivity index (χ3n) is 3.40. The van der Waals surface area contributed by atoms with Crippen molar-refractivity contribution >= 4 is 27.8 Å². The summed E-state index contributed by atoms with van der Waals surface area (Å²) >= 11 is 3.38. The third kappa shape index (κ3) is 4.21. The Morgan fingerprint density at radius 3 is 2.62 bits per heavy atom. The number of benzene rings is 1. The molecule has 2 aromatic rings. The van der Waals surface area contributed by atoms with Crippen LogP contribution >= 0.6 is 15.9 Å². The fraction of sp³-hybridized carbons (Fsp3) is 0.312. The van der Waals surface area contributed by atoms with Gasteiger partial charge < -0.3 is 15.2 Å². The molecule has 0 aliphatic carbocycles. The van der Waals surface area contributed by atoms with E-state index in [1.807, 2.05) is 30.3 Å². The van der Waals surface area contributed by atoms with Crippen LogP contribution in [0.1, 0.15) is 23.8 Å². The smallest absolute Gasteiger partial charge is 0.305 e. The minimum Gasteiger partial charge on any atom is -0.481 e. The highest BCUT2D eigenvalue weighted by atomic mass is 79.9. The second-order valence-corrected chi connectivity index (χ2v) is 6.44. The number of hydrogen-bond donors (Lipinski definition) is 3. The number of ether oxygens (including phenoxy) is 1. The lowest BCUT2D eigenvalue weighted by atomic mass is 9.98. The van der Waals surface area contributed by atoms with Crippen LogP contribution in [-0.2, 0) is 9.53 Å². The maximum absolute atomic E-state index is 12.5. The molecule has 24 heavy (non-hydrogen) atoms. The molecule has 0 aliphatic rings. The van der Waals surface area contributed by atoms with Crippen molar-refractivity contribution in [2.24, 2.45) is 0 Å². The molecule has 1 heterocycles. The first-order valence-electron chi connectivity index (χ1n) is 7.19. The molecular formula is C16H18BrN3O4. The van der Waals surface area contributed by atoms with Gasteiger partial charge in [0.25, 0.3) is 5.91 Å². The third-order valence-corrected chi connectivity index (χ3v) is 4.17. The lowest BCUT2D eigenvalue weighted by Crippen LogP contribution is -2.50. The van der Waals surface area contributed by atoms with E-state index in [1.54, 1.807) is 6.92 Å². The maximum atomic E-state index is 12.5. The molecule has 1 aromatic carbocycles. The Balaban J connectivity index is 2.24. The maximum Gasteiger partial charge on any atom is 0.305 e. The number of methoxy groups -OCH3 is 1. The van der Waals surface area contributed by atoms with Crippen LogP contribution in [0, 0.1) is 0 Å². The Morgan fingerprint density at radius 1 is 1.38 bits per heavy atom. The van der Waals surface area contributed by atoms with Crippen LogP contribution in [0.25, 0.3) is 11.3 Å². The van der Waals surface area contributed by atoms with E-state index in [0.29, 0.717) is 10.2 Å². The van der Waals surface area contributed by atoms with Gasteiger partial charge in [-0.2, -0.15) is 5.10 Å². The van der Waals surface area contributed by atoms with Crippen LogP contribution < -0.4 is 5.32 Å². The van der Waals surface area contributed by atoms with Gasteiger partial charge in [-0.3, -0.25) is 14.7 Å². The number of aromatic nitrogens is 2. The van der Waals surface area contributed by atoms with E-state index < -0.39 is 17.4 Å². The molecule has 1 aromatic heterocycles. The summed E-state index contributed by atoms with van der Waals surface area (Å²) in [5.74, 6) is -1.49. The zero-order valence-electron chi connectivity index (χ0n) is 13.3. The van der Waals surface area contributed by atoms with Crippen LogP contribution in [-0.4, -0.2) is 46.4 Å². The second kappa shape index (κ2) is 7.59. The Bertz CT molecular complexity index is 732. The average molecular weight is 396 g/mol. The first-order chi connectivity index (χ1) is 11.4. The molecule has 2 rings (SSSR count). The van der Waals surface area contributed by atoms with Crippen molar-refractivity contribution in [2.45, 2.75) is 18.9 Å². The fourth-order valence-corrected chi connectivity index (χ4v) is 2.97. The molecule has 0 saturated heterocycles. The predicted molar refractivity (Wildman–Crippen MR) is 91.7 cm³/mol. The summed E-state index contributed by atoms with van der Waals surface area (Å²) in [4.78, 5) is 23.5. The standard InChI is InChI=1S/C16H18BrN3O4/c1-16(9-24-2,8-11(21)22)18-15(23)14-12(17)13(19-20-14)10-6-4-3-5-7-10/h3-7H,8-9H2,1-2H3,(H,18,23)(H,19,20)(H,21,22). The van der Waals surface area contributed by atoms with E-state index in [1.165, 1.54) is 7.11 Å². The summed E-state index contributed by atoms with van der Waals surface area (Å²) in [6, 6.07) is 9.39. The van der Waals surface area contributed by atoms with Gasteiger partial charge in [0.15, 0.2) is 0 Å². The van der Waals surface area contributed by atoms with Crippen LogP contribution in [0.5, 0.6) is 0 Å². The van der Waals surface area contributed by atoms with E-state index >= 15 is 0 Å². The van der Waals surface area contributed by atoms with Crippen molar-refractivity contribution in [1.29, 1.82) is 0 Å². The summed E-state index contributed by atoms with van der Waals surface area (Å²) < 4.78 is 5.55. The zero-order valence-corrected chi connectivity index (χ0v) is 14.9. The van der Waals surface area contributed by atoms with E-state index in [-0.39, 0.29) is 18.7 Å². The highest BCUT2D eigenvalue weighted by Gasteiger charge is 2.31. The number of nitrogens with one attached hydrogen (secondary N) is 2. The van der Waals surface area contributed by atoms with Gasteiger partial charge >= 0.3 is 5.97 Å². The van der Waals surface area contributed by atoms with Gasteiger partial charge in [0.1, 0.15) is 11.4 Å². The van der Waals surface area contributed by atoms with E-state index in [2.05, 4.69) is 31.4 Å².